The average molecular weight is 337 g/mol. The number of amides is 1. The number of nitrogens with one attached hydrogen (secondary N) is 2. The lowest BCUT2D eigenvalue weighted by molar-refractivity contribution is 0.0977. The second-order valence-corrected chi connectivity index (χ2v) is 4.99. The van der Waals surface area contributed by atoms with Gasteiger partial charge in [0.1, 0.15) is 11.5 Å². The summed E-state index contributed by atoms with van der Waals surface area (Å²) in [6, 6.07) is 8.71. The summed E-state index contributed by atoms with van der Waals surface area (Å²) in [5.41, 5.74) is 0.790. The third kappa shape index (κ3) is 3.90. The van der Waals surface area contributed by atoms with Crippen LogP contribution in [0.2, 0.25) is 5.15 Å². The first kappa shape index (κ1) is 16.1. The summed E-state index contributed by atoms with van der Waals surface area (Å²) in [5.74, 6) is 0.377. The third-order valence-electron chi connectivity index (χ3n) is 2.64. The van der Waals surface area contributed by atoms with Gasteiger partial charge in [-0.2, -0.15) is 4.98 Å². The van der Waals surface area contributed by atoms with E-state index in [2.05, 4.69) is 20.6 Å². The van der Waals surface area contributed by atoms with Crippen molar-refractivity contribution in [1.29, 1.82) is 0 Å². The molecule has 0 fully saturated rings. The average Bonchev–Trinajstić information content (AvgIpc) is 2.50. The molecule has 22 heavy (non-hydrogen) atoms. The van der Waals surface area contributed by atoms with Gasteiger partial charge in [0.15, 0.2) is 10.3 Å². The van der Waals surface area contributed by atoms with Gasteiger partial charge in [-0.05, 0) is 31.3 Å². The molecule has 0 atom stereocenters. The molecule has 0 aliphatic rings. The maximum atomic E-state index is 12.0. The van der Waals surface area contributed by atoms with Crippen LogP contribution >= 0.6 is 23.8 Å². The number of benzene rings is 1. The second kappa shape index (κ2) is 7.15. The highest BCUT2D eigenvalue weighted by molar-refractivity contribution is 7.80. The van der Waals surface area contributed by atoms with Crippen molar-refractivity contribution in [3.63, 3.8) is 0 Å². The van der Waals surface area contributed by atoms with Crippen molar-refractivity contribution in [2.75, 3.05) is 12.4 Å². The van der Waals surface area contributed by atoms with E-state index in [1.54, 1.807) is 31.2 Å². The van der Waals surface area contributed by atoms with Gasteiger partial charge in [0.25, 0.3) is 5.91 Å². The van der Waals surface area contributed by atoms with Crippen LogP contribution in [-0.2, 0) is 0 Å². The number of aryl methyl sites for hydroxylation is 1. The molecule has 2 rings (SSSR count). The number of rotatable bonds is 3. The van der Waals surface area contributed by atoms with E-state index in [0.29, 0.717) is 17.1 Å². The van der Waals surface area contributed by atoms with E-state index in [1.165, 1.54) is 7.11 Å². The van der Waals surface area contributed by atoms with E-state index in [9.17, 15) is 4.79 Å². The molecule has 0 saturated carbocycles. The Morgan fingerprint density at radius 1 is 1.27 bits per heavy atom. The molecule has 6 nitrogen and oxygen atoms in total. The van der Waals surface area contributed by atoms with Gasteiger partial charge in [-0.25, -0.2) is 4.98 Å². The van der Waals surface area contributed by atoms with Gasteiger partial charge < -0.3 is 10.1 Å². The highest BCUT2D eigenvalue weighted by Crippen LogP contribution is 2.28. The zero-order valence-electron chi connectivity index (χ0n) is 11.9. The molecule has 0 radical (unpaired) electrons. The van der Waals surface area contributed by atoms with Gasteiger partial charge in [-0.3, -0.25) is 10.1 Å². The summed E-state index contributed by atoms with van der Waals surface area (Å²) >= 11 is 11.1. The Labute approximate surface area is 137 Å². The van der Waals surface area contributed by atoms with E-state index in [4.69, 9.17) is 28.6 Å². The van der Waals surface area contributed by atoms with E-state index in [-0.39, 0.29) is 22.1 Å². The highest BCUT2D eigenvalue weighted by Gasteiger charge is 2.15. The quantitative estimate of drug-likeness (QED) is 0.662. The second-order valence-electron chi connectivity index (χ2n) is 4.22. The first-order chi connectivity index (χ1) is 10.5. The standard InChI is InChI=1S/C14H13ClN4O2S/c1-8-16-11(15)10(13(17-8)21-2)18-14(22)19-12(20)9-6-4-3-5-7-9/h3-7H,1-2H3,(H2,18,19,20,22). The van der Waals surface area contributed by atoms with E-state index in [1.807, 2.05) is 6.07 Å². The Morgan fingerprint density at radius 3 is 2.59 bits per heavy atom. The lowest BCUT2D eigenvalue weighted by Gasteiger charge is -2.13. The van der Waals surface area contributed by atoms with Crippen molar-refractivity contribution >= 4 is 40.5 Å². The molecule has 1 amide bonds. The molecule has 2 N–H and O–H groups in total. The minimum Gasteiger partial charge on any atom is -0.479 e. The van der Waals surface area contributed by atoms with Crippen LogP contribution < -0.4 is 15.4 Å². The predicted octanol–water partition coefficient (Wildman–Crippen LogP) is 2.57. The first-order valence-electron chi connectivity index (χ1n) is 6.26. The topological polar surface area (TPSA) is 76.1 Å². The predicted molar refractivity (Wildman–Crippen MR) is 88.5 cm³/mol. The molecule has 0 spiro atoms. The maximum Gasteiger partial charge on any atom is 0.257 e. The fourth-order valence-electron chi connectivity index (χ4n) is 1.68. The van der Waals surface area contributed by atoms with Crippen LogP contribution in [0.5, 0.6) is 5.88 Å². The van der Waals surface area contributed by atoms with E-state index in [0.717, 1.165) is 0 Å². The molecule has 1 aromatic heterocycles. The number of hydrogen-bond acceptors (Lipinski definition) is 5. The van der Waals surface area contributed by atoms with Crippen LogP contribution in [0.15, 0.2) is 30.3 Å². The van der Waals surface area contributed by atoms with Crippen molar-refractivity contribution in [1.82, 2.24) is 15.3 Å². The van der Waals surface area contributed by atoms with Crippen LogP contribution in [0.1, 0.15) is 16.2 Å². The molecule has 0 bridgehead atoms. The normalized spacial score (nSPS) is 9.95. The van der Waals surface area contributed by atoms with Crippen molar-refractivity contribution in [2.24, 2.45) is 0 Å². The molecule has 114 valence electrons. The number of hydrogen-bond donors (Lipinski definition) is 2. The Morgan fingerprint density at radius 2 is 1.95 bits per heavy atom. The largest absolute Gasteiger partial charge is 0.479 e. The lowest BCUT2D eigenvalue weighted by atomic mass is 10.2. The maximum absolute atomic E-state index is 12.0. The SMILES string of the molecule is COc1nc(C)nc(Cl)c1NC(=S)NC(=O)c1ccccc1. The number of carbonyl (C=O) groups excluding carboxylic acids is 1. The monoisotopic (exact) mass is 336 g/mol. The summed E-state index contributed by atoms with van der Waals surface area (Å²) in [5, 5.41) is 5.55. The number of methoxy groups -OCH3 is 1. The number of anilines is 1. The molecule has 0 aliphatic heterocycles. The molecular weight excluding hydrogens is 324 g/mol. The molecule has 8 heteroatoms. The minimum atomic E-state index is -0.332. The molecule has 0 unspecified atom stereocenters. The zero-order chi connectivity index (χ0) is 16.1. The number of halogens is 1. The summed E-state index contributed by atoms with van der Waals surface area (Å²) in [6.45, 7) is 1.69. The number of aromatic nitrogens is 2. The fourth-order valence-corrected chi connectivity index (χ4v) is 2.12. The van der Waals surface area contributed by atoms with Crippen molar-refractivity contribution in [2.45, 2.75) is 6.92 Å². The minimum absolute atomic E-state index is 0.0708. The highest BCUT2D eigenvalue weighted by atomic mass is 35.5. The van der Waals surface area contributed by atoms with Crippen molar-refractivity contribution in [3.8, 4) is 5.88 Å². The fraction of sp³-hybridized carbons (Fsp3) is 0.143. The lowest BCUT2D eigenvalue weighted by Crippen LogP contribution is -2.34. The summed E-state index contributed by atoms with van der Waals surface area (Å²) in [6.07, 6.45) is 0. The van der Waals surface area contributed by atoms with Gasteiger partial charge in [0.2, 0.25) is 5.88 Å². The third-order valence-corrected chi connectivity index (χ3v) is 3.12. The number of ether oxygens (including phenoxy) is 1. The van der Waals surface area contributed by atoms with Gasteiger partial charge >= 0.3 is 0 Å². The smallest absolute Gasteiger partial charge is 0.257 e. The Bertz CT molecular complexity index is 709. The Balaban J connectivity index is 2.11. The van der Waals surface area contributed by atoms with Crippen LogP contribution in [-0.4, -0.2) is 28.1 Å². The number of thiocarbonyl (C=S) groups is 1. The number of nitrogens with zero attached hydrogens (tertiary/aromatic N) is 2. The Hall–Kier alpha value is -2.25. The Kier molecular flexibility index (Phi) is 5.24. The molecule has 1 heterocycles. The van der Waals surface area contributed by atoms with Crippen molar-refractivity contribution in [3.05, 3.63) is 46.9 Å². The summed E-state index contributed by atoms with van der Waals surface area (Å²) in [7, 11) is 1.45. The summed E-state index contributed by atoms with van der Waals surface area (Å²) < 4.78 is 5.13. The molecule has 1 aromatic carbocycles. The van der Waals surface area contributed by atoms with Crippen LogP contribution in [0, 0.1) is 6.92 Å². The van der Waals surface area contributed by atoms with E-state index >= 15 is 0 Å². The molecule has 0 aliphatic carbocycles. The van der Waals surface area contributed by atoms with Gasteiger partial charge in [-0.15, -0.1) is 0 Å². The first-order valence-corrected chi connectivity index (χ1v) is 7.05. The summed E-state index contributed by atoms with van der Waals surface area (Å²) in [4.78, 5) is 20.1. The molecule has 0 saturated heterocycles. The van der Waals surface area contributed by atoms with Crippen LogP contribution in [0.4, 0.5) is 5.69 Å². The van der Waals surface area contributed by atoms with Gasteiger partial charge in [0.05, 0.1) is 7.11 Å². The zero-order valence-corrected chi connectivity index (χ0v) is 13.5. The van der Waals surface area contributed by atoms with Crippen LogP contribution in [0.3, 0.4) is 0 Å². The van der Waals surface area contributed by atoms with Gasteiger partial charge in [0, 0.05) is 5.56 Å². The van der Waals surface area contributed by atoms with E-state index < -0.39 is 0 Å². The molecular formula is C14H13ClN4O2S. The van der Waals surface area contributed by atoms with Gasteiger partial charge in [-0.1, -0.05) is 29.8 Å². The van der Waals surface area contributed by atoms with Crippen molar-refractivity contribution < 1.29 is 9.53 Å². The molecule has 2 aromatic rings. The number of carbonyl (C=O) groups is 1. The van der Waals surface area contributed by atoms with Crippen LogP contribution in [0.25, 0.3) is 0 Å².